The van der Waals surface area contributed by atoms with Crippen LogP contribution in [0.4, 0.5) is 5.82 Å². The highest BCUT2D eigenvalue weighted by Gasteiger charge is 2.34. The Morgan fingerprint density at radius 1 is 1.39 bits per heavy atom. The number of nitrogens with zero attached hydrogens (tertiary/aromatic N) is 2. The Morgan fingerprint density at radius 3 is 2.74 bits per heavy atom. The molecule has 0 bridgehead atoms. The third-order valence-corrected chi connectivity index (χ3v) is 5.40. The van der Waals surface area contributed by atoms with E-state index >= 15 is 0 Å². The lowest BCUT2D eigenvalue weighted by molar-refractivity contribution is -0.0202. The van der Waals surface area contributed by atoms with Gasteiger partial charge in [-0.3, -0.25) is 0 Å². The summed E-state index contributed by atoms with van der Waals surface area (Å²) in [7, 11) is 0. The summed E-state index contributed by atoms with van der Waals surface area (Å²) in [4.78, 5) is 22.3. The van der Waals surface area contributed by atoms with Crippen LogP contribution in [0.15, 0.2) is 0 Å². The number of nitrogens with one attached hydrogen (secondary N) is 1. The van der Waals surface area contributed by atoms with Gasteiger partial charge in [0.25, 0.3) is 0 Å². The first kappa shape index (κ1) is 16.1. The summed E-state index contributed by atoms with van der Waals surface area (Å²) >= 11 is 1.33. The molecule has 1 aliphatic rings. The maximum atomic E-state index is 12.1. The van der Waals surface area contributed by atoms with Crippen molar-refractivity contribution in [1.82, 2.24) is 9.97 Å². The van der Waals surface area contributed by atoms with Crippen molar-refractivity contribution >= 4 is 33.3 Å². The van der Waals surface area contributed by atoms with Crippen molar-refractivity contribution in [3.8, 4) is 0 Å². The highest BCUT2D eigenvalue weighted by atomic mass is 32.1. The topological polar surface area (TPSA) is 84.3 Å². The van der Waals surface area contributed by atoms with Gasteiger partial charge in [0.2, 0.25) is 0 Å². The molecule has 124 valence electrons. The molecule has 2 N–H and O–H groups in total. The van der Waals surface area contributed by atoms with Crippen LogP contribution in [0.3, 0.4) is 0 Å². The zero-order chi connectivity index (χ0) is 16.6. The Labute approximate surface area is 138 Å². The van der Waals surface area contributed by atoms with Crippen molar-refractivity contribution in [3.63, 3.8) is 0 Å². The van der Waals surface area contributed by atoms with E-state index in [2.05, 4.69) is 15.3 Å². The molecule has 2 heterocycles. The number of thiophene rings is 1. The molecule has 23 heavy (non-hydrogen) atoms. The van der Waals surface area contributed by atoms with Gasteiger partial charge in [0.1, 0.15) is 21.3 Å². The van der Waals surface area contributed by atoms with Gasteiger partial charge in [-0.25, -0.2) is 14.8 Å². The predicted octanol–water partition coefficient (Wildman–Crippen LogP) is 2.81. The third kappa shape index (κ3) is 3.03. The second kappa shape index (κ2) is 6.05. The molecule has 0 aromatic carbocycles. The summed E-state index contributed by atoms with van der Waals surface area (Å²) in [6, 6.07) is 0. The number of fused-ring (bicyclic) bond motifs is 1. The number of hydrogen-bond acceptors (Lipinski definition) is 7. The van der Waals surface area contributed by atoms with Gasteiger partial charge in [0.05, 0.1) is 17.6 Å². The Hall–Kier alpha value is -1.73. The number of aliphatic hydroxyl groups is 1. The summed E-state index contributed by atoms with van der Waals surface area (Å²) < 4.78 is 5.11. The van der Waals surface area contributed by atoms with Gasteiger partial charge in [-0.15, -0.1) is 11.3 Å². The minimum Gasteiger partial charge on any atom is -0.462 e. The number of carbonyl (C=O) groups is 1. The van der Waals surface area contributed by atoms with E-state index in [4.69, 9.17) is 4.74 Å². The lowest BCUT2D eigenvalue weighted by Crippen LogP contribution is -2.43. The fraction of sp³-hybridized carbons (Fsp3) is 0.562. The van der Waals surface area contributed by atoms with Crippen LogP contribution in [0.25, 0.3) is 10.2 Å². The van der Waals surface area contributed by atoms with Crippen LogP contribution in [0, 0.1) is 13.8 Å². The second-order valence-electron chi connectivity index (χ2n) is 6.01. The Balaban J connectivity index is 1.97. The average molecular weight is 335 g/mol. The van der Waals surface area contributed by atoms with Crippen LogP contribution in [0.2, 0.25) is 0 Å². The molecule has 0 saturated heterocycles. The first-order valence-electron chi connectivity index (χ1n) is 7.84. The molecule has 0 radical (unpaired) electrons. The average Bonchev–Trinajstić information content (AvgIpc) is 2.80. The number of hydrogen-bond donors (Lipinski definition) is 2. The van der Waals surface area contributed by atoms with Crippen LogP contribution in [0.1, 0.15) is 47.2 Å². The van der Waals surface area contributed by atoms with Crippen molar-refractivity contribution in [1.29, 1.82) is 0 Å². The molecule has 1 fully saturated rings. The lowest BCUT2D eigenvalue weighted by Gasteiger charge is -2.36. The summed E-state index contributed by atoms with van der Waals surface area (Å²) in [5.74, 6) is 0.989. The maximum absolute atomic E-state index is 12.1. The molecule has 7 heteroatoms. The molecule has 0 aliphatic heterocycles. The number of anilines is 1. The predicted molar refractivity (Wildman–Crippen MR) is 90.1 cm³/mol. The summed E-state index contributed by atoms with van der Waals surface area (Å²) in [5, 5.41) is 14.4. The molecule has 2 aromatic heterocycles. The first-order valence-corrected chi connectivity index (χ1v) is 8.66. The normalized spacial score (nSPS) is 16.2. The van der Waals surface area contributed by atoms with Crippen molar-refractivity contribution in [2.24, 2.45) is 0 Å². The van der Waals surface area contributed by atoms with Gasteiger partial charge < -0.3 is 15.2 Å². The van der Waals surface area contributed by atoms with E-state index < -0.39 is 5.60 Å². The van der Waals surface area contributed by atoms with E-state index in [-0.39, 0.29) is 5.97 Å². The fourth-order valence-electron chi connectivity index (χ4n) is 2.77. The number of esters is 1. The Kier molecular flexibility index (Phi) is 4.25. The van der Waals surface area contributed by atoms with Gasteiger partial charge in [-0.2, -0.15) is 0 Å². The second-order valence-corrected chi connectivity index (χ2v) is 7.01. The van der Waals surface area contributed by atoms with E-state index in [1.165, 1.54) is 11.3 Å². The first-order chi connectivity index (χ1) is 10.9. The molecular formula is C16H21N3O3S. The highest BCUT2D eigenvalue weighted by molar-refractivity contribution is 7.20. The van der Waals surface area contributed by atoms with Crippen LogP contribution in [-0.4, -0.2) is 39.8 Å². The van der Waals surface area contributed by atoms with E-state index in [0.29, 0.717) is 29.7 Å². The third-order valence-electron chi connectivity index (χ3n) is 4.23. The maximum Gasteiger partial charge on any atom is 0.348 e. The van der Waals surface area contributed by atoms with Crippen LogP contribution >= 0.6 is 11.3 Å². The van der Waals surface area contributed by atoms with Crippen molar-refractivity contribution in [3.05, 3.63) is 16.3 Å². The molecular weight excluding hydrogens is 314 g/mol. The molecule has 1 aliphatic carbocycles. The molecule has 1 saturated carbocycles. The van der Waals surface area contributed by atoms with Crippen LogP contribution in [0.5, 0.6) is 0 Å². The van der Waals surface area contributed by atoms with Gasteiger partial charge in [0.15, 0.2) is 0 Å². The number of rotatable bonds is 5. The summed E-state index contributed by atoms with van der Waals surface area (Å²) in [6.07, 6.45) is 2.68. The number of aryl methyl sites for hydroxylation is 2. The molecule has 0 atom stereocenters. The summed E-state index contributed by atoms with van der Waals surface area (Å²) in [5.41, 5.74) is 0.186. The van der Waals surface area contributed by atoms with E-state index in [0.717, 1.165) is 35.0 Å². The van der Waals surface area contributed by atoms with Crippen molar-refractivity contribution < 1.29 is 14.6 Å². The Bertz CT molecular complexity index is 753. The molecule has 2 aromatic rings. The monoisotopic (exact) mass is 335 g/mol. The van der Waals surface area contributed by atoms with Crippen LogP contribution in [-0.2, 0) is 4.74 Å². The molecule has 0 unspecified atom stereocenters. The number of ether oxygens (including phenoxy) is 1. The molecule has 0 amide bonds. The zero-order valence-electron chi connectivity index (χ0n) is 13.6. The van der Waals surface area contributed by atoms with Crippen molar-refractivity contribution in [2.45, 2.75) is 45.6 Å². The smallest absolute Gasteiger partial charge is 0.348 e. The largest absolute Gasteiger partial charge is 0.462 e. The highest BCUT2D eigenvalue weighted by Crippen LogP contribution is 2.36. The quantitative estimate of drug-likeness (QED) is 0.818. The lowest BCUT2D eigenvalue weighted by atomic mass is 9.80. The fourth-order valence-corrected chi connectivity index (χ4v) is 3.90. The van der Waals surface area contributed by atoms with E-state index in [9.17, 15) is 9.90 Å². The number of aromatic nitrogens is 2. The number of carbonyl (C=O) groups excluding carboxylic acids is 1. The van der Waals surface area contributed by atoms with Gasteiger partial charge in [-0.05, 0) is 45.6 Å². The zero-order valence-corrected chi connectivity index (χ0v) is 14.4. The van der Waals surface area contributed by atoms with Gasteiger partial charge >= 0.3 is 5.97 Å². The summed E-state index contributed by atoms with van der Waals surface area (Å²) in [6.45, 7) is 6.30. The van der Waals surface area contributed by atoms with E-state index in [1.807, 2.05) is 13.8 Å². The van der Waals surface area contributed by atoms with Gasteiger partial charge in [0, 0.05) is 6.54 Å². The Morgan fingerprint density at radius 2 is 2.13 bits per heavy atom. The molecule has 6 nitrogen and oxygen atoms in total. The van der Waals surface area contributed by atoms with Crippen LogP contribution < -0.4 is 5.32 Å². The standard InChI is InChI=1S/C16H21N3O3S/c1-4-22-15(20)12-9(2)11-13(17-8-16(21)6-5-7-16)18-10(3)19-14(11)23-12/h21H,4-8H2,1-3H3,(H,17,18,19). The minimum atomic E-state index is -0.640. The molecule has 0 spiro atoms. The molecule has 3 rings (SSSR count). The minimum absolute atomic E-state index is 0.325. The SMILES string of the molecule is CCOC(=O)c1sc2nc(C)nc(NCC3(O)CCC3)c2c1C. The van der Waals surface area contributed by atoms with E-state index in [1.54, 1.807) is 6.92 Å². The van der Waals surface area contributed by atoms with Gasteiger partial charge in [-0.1, -0.05) is 0 Å². The van der Waals surface area contributed by atoms with Crippen molar-refractivity contribution in [2.75, 3.05) is 18.5 Å².